The van der Waals surface area contributed by atoms with Crippen LogP contribution in [-0.4, -0.2) is 43.4 Å². The van der Waals surface area contributed by atoms with Crippen molar-refractivity contribution in [3.05, 3.63) is 41.5 Å². The molecule has 3 aromatic rings. The number of carbonyl (C=O) groups excluding carboxylic acids is 1. The van der Waals surface area contributed by atoms with E-state index in [-0.39, 0.29) is 5.91 Å². The second-order valence-corrected chi connectivity index (χ2v) is 8.25. The molecule has 29 heavy (non-hydrogen) atoms. The number of likely N-dealkylation sites (tertiary alicyclic amines) is 1. The van der Waals surface area contributed by atoms with Gasteiger partial charge in [0.05, 0.1) is 11.0 Å². The number of aryl methyl sites for hydroxylation is 1. The minimum atomic E-state index is 0.164. The molecule has 0 spiro atoms. The van der Waals surface area contributed by atoms with E-state index >= 15 is 0 Å². The van der Waals surface area contributed by atoms with Crippen LogP contribution >= 0.6 is 0 Å². The van der Waals surface area contributed by atoms with E-state index in [0.717, 1.165) is 60.1 Å². The maximum Gasteiger partial charge on any atom is 0.254 e. The van der Waals surface area contributed by atoms with Crippen molar-refractivity contribution in [3.8, 4) is 5.82 Å². The zero-order valence-corrected chi connectivity index (χ0v) is 16.8. The predicted molar refractivity (Wildman–Crippen MR) is 112 cm³/mol. The largest absolute Gasteiger partial charge is 0.384 e. The third-order valence-electron chi connectivity index (χ3n) is 6.37. The SMILES string of the molecule is Cc1cc2c(ncn2-c2cc(N)ncn2)c(C2CCCCC2)c1C(=O)N1CCC1. The van der Waals surface area contributed by atoms with Crippen LogP contribution in [0.3, 0.4) is 0 Å². The summed E-state index contributed by atoms with van der Waals surface area (Å²) in [5, 5.41) is 0. The Hall–Kier alpha value is -2.96. The molecule has 0 unspecified atom stereocenters. The molecule has 1 amide bonds. The number of amides is 1. The normalized spacial score (nSPS) is 17.5. The lowest BCUT2D eigenvalue weighted by atomic mass is 9.80. The van der Waals surface area contributed by atoms with Gasteiger partial charge in [0.2, 0.25) is 0 Å². The first kappa shape index (κ1) is 18.1. The van der Waals surface area contributed by atoms with Gasteiger partial charge in [-0.15, -0.1) is 0 Å². The molecule has 2 N–H and O–H groups in total. The molecule has 150 valence electrons. The minimum absolute atomic E-state index is 0.164. The Labute approximate surface area is 170 Å². The maximum absolute atomic E-state index is 13.3. The van der Waals surface area contributed by atoms with Crippen molar-refractivity contribution in [1.29, 1.82) is 0 Å². The lowest BCUT2D eigenvalue weighted by Gasteiger charge is -2.33. The summed E-state index contributed by atoms with van der Waals surface area (Å²) in [6, 6.07) is 3.82. The van der Waals surface area contributed by atoms with Gasteiger partial charge in [0.25, 0.3) is 5.91 Å². The summed E-state index contributed by atoms with van der Waals surface area (Å²) in [5.74, 6) is 1.66. The summed E-state index contributed by atoms with van der Waals surface area (Å²) >= 11 is 0. The van der Waals surface area contributed by atoms with Gasteiger partial charge >= 0.3 is 0 Å². The minimum Gasteiger partial charge on any atom is -0.384 e. The van der Waals surface area contributed by atoms with Crippen LogP contribution in [0.1, 0.15) is 65.9 Å². The summed E-state index contributed by atoms with van der Waals surface area (Å²) in [4.78, 5) is 28.4. The summed E-state index contributed by atoms with van der Waals surface area (Å²) < 4.78 is 1.95. The molecule has 2 aliphatic rings. The topological polar surface area (TPSA) is 89.9 Å². The molecule has 7 nitrogen and oxygen atoms in total. The quantitative estimate of drug-likeness (QED) is 0.738. The third-order valence-corrected chi connectivity index (χ3v) is 6.37. The van der Waals surface area contributed by atoms with Gasteiger partial charge < -0.3 is 10.6 Å². The Bertz CT molecular complexity index is 1080. The highest BCUT2D eigenvalue weighted by Gasteiger charge is 2.31. The molecule has 7 heteroatoms. The highest BCUT2D eigenvalue weighted by atomic mass is 16.2. The molecule has 0 radical (unpaired) electrons. The van der Waals surface area contributed by atoms with Gasteiger partial charge in [0.1, 0.15) is 24.3 Å². The van der Waals surface area contributed by atoms with Gasteiger partial charge in [-0.3, -0.25) is 9.36 Å². The van der Waals surface area contributed by atoms with E-state index in [1.165, 1.54) is 25.6 Å². The number of nitrogens with two attached hydrogens (primary N) is 1. The van der Waals surface area contributed by atoms with Crippen LogP contribution in [0.5, 0.6) is 0 Å². The highest BCUT2D eigenvalue weighted by Crippen LogP contribution is 2.40. The molecule has 0 atom stereocenters. The molecule has 2 fully saturated rings. The molecule has 0 bridgehead atoms. The Morgan fingerprint density at radius 1 is 1.07 bits per heavy atom. The van der Waals surface area contributed by atoms with Crippen LogP contribution in [0, 0.1) is 6.92 Å². The zero-order chi connectivity index (χ0) is 20.0. The fourth-order valence-corrected chi connectivity index (χ4v) is 4.74. The van der Waals surface area contributed by atoms with Crippen molar-refractivity contribution in [2.24, 2.45) is 0 Å². The Morgan fingerprint density at radius 2 is 1.86 bits per heavy atom. The molecule has 1 saturated heterocycles. The first-order valence-corrected chi connectivity index (χ1v) is 10.5. The van der Waals surface area contributed by atoms with Crippen LogP contribution in [0.4, 0.5) is 5.82 Å². The molecule has 1 aliphatic heterocycles. The number of anilines is 1. The zero-order valence-electron chi connectivity index (χ0n) is 16.8. The van der Waals surface area contributed by atoms with Crippen LogP contribution in [0.15, 0.2) is 24.8 Å². The summed E-state index contributed by atoms with van der Waals surface area (Å²) in [6.07, 6.45) is 10.3. The van der Waals surface area contributed by atoms with Crippen molar-refractivity contribution in [3.63, 3.8) is 0 Å². The molecule has 2 aromatic heterocycles. The Balaban J connectivity index is 1.72. The average Bonchev–Trinajstić information content (AvgIpc) is 3.09. The number of benzene rings is 1. The summed E-state index contributed by atoms with van der Waals surface area (Å²) in [7, 11) is 0. The first-order valence-electron chi connectivity index (χ1n) is 10.5. The number of rotatable bonds is 3. The number of hydrogen-bond acceptors (Lipinski definition) is 5. The van der Waals surface area contributed by atoms with Crippen molar-refractivity contribution in [2.75, 3.05) is 18.8 Å². The fraction of sp³-hybridized carbons (Fsp3) is 0.455. The Morgan fingerprint density at radius 3 is 2.55 bits per heavy atom. The molecule has 1 aromatic carbocycles. The number of hydrogen-bond donors (Lipinski definition) is 1. The van der Waals surface area contributed by atoms with E-state index < -0.39 is 0 Å². The lowest BCUT2D eigenvalue weighted by Crippen LogP contribution is -2.42. The molecule has 5 rings (SSSR count). The maximum atomic E-state index is 13.3. The van der Waals surface area contributed by atoms with Crippen molar-refractivity contribution >= 4 is 22.8 Å². The smallest absolute Gasteiger partial charge is 0.254 e. The highest BCUT2D eigenvalue weighted by molar-refractivity contribution is 6.02. The number of nitrogen functional groups attached to an aromatic ring is 1. The number of aromatic nitrogens is 4. The van der Waals surface area contributed by atoms with E-state index in [0.29, 0.717) is 17.6 Å². The average molecular weight is 390 g/mol. The first-order chi connectivity index (χ1) is 14.1. The third kappa shape index (κ3) is 3.05. The molecular weight excluding hydrogens is 364 g/mol. The molecule has 1 aliphatic carbocycles. The van der Waals surface area contributed by atoms with E-state index in [9.17, 15) is 4.79 Å². The summed E-state index contributed by atoms with van der Waals surface area (Å²) in [6.45, 7) is 3.76. The lowest BCUT2D eigenvalue weighted by molar-refractivity contribution is 0.0649. The number of imidazole rings is 1. The van der Waals surface area contributed by atoms with Crippen LogP contribution in [0.25, 0.3) is 16.9 Å². The molecule has 3 heterocycles. The monoisotopic (exact) mass is 390 g/mol. The van der Waals surface area contributed by atoms with Gasteiger partial charge in [0.15, 0.2) is 0 Å². The van der Waals surface area contributed by atoms with Crippen LogP contribution in [0.2, 0.25) is 0 Å². The van der Waals surface area contributed by atoms with Crippen LogP contribution < -0.4 is 5.73 Å². The van der Waals surface area contributed by atoms with Gasteiger partial charge in [-0.05, 0) is 49.3 Å². The van der Waals surface area contributed by atoms with E-state index in [1.807, 2.05) is 16.4 Å². The fourth-order valence-electron chi connectivity index (χ4n) is 4.74. The van der Waals surface area contributed by atoms with Gasteiger partial charge in [-0.1, -0.05) is 19.3 Å². The second kappa shape index (κ2) is 7.13. The molecule has 1 saturated carbocycles. The molecular formula is C22H26N6O. The Kier molecular flexibility index (Phi) is 4.45. The summed E-state index contributed by atoms with van der Waals surface area (Å²) in [5.41, 5.74) is 10.8. The van der Waals surface area contributed by atoms with Gasteiger partial charge in [-0.2, -0.15) is 0 Å². The van der Waals surface area contributed by atoms with Crippen molar-refractivity contribution in [1.82, 2.24) is 24.4 Å². The second-order valence-electron chi connectivity index (χ2n) is 8.25. The van der Waals surface area contributed by atoms with Crippen LogP contribution in [-0.2, 0) is 0 Å². The van der Waals surface area contributed by atoms with E-state index in [1.54, 1.807) is 12.4 Å². The standard InChI is InChI=1S/C22H26N6O/c1-14-10-16-21(26-13-28(16)18-11-17(23)24-12-25-18)20(15-6-3-2-4-7-15)19(14)22(29)27-8-5-9-27/h10-13,15H,2-9H2,1H3,(H2,23,24,25). The number of fused-ring (bicyclic) bond motifs is 1. The number of nitrogens with zero attached hydrogens (tertiary/aromatic N) is 5. The van der Waals surface area contributed by atoms with Gasteiger partial charge in [0, 0.05) is 24.7 Å². The van der Waals surface area contributed by atoms with Gasteiger partial charge in [-0.25, -0.2) is 15.0 Å². The van der Waals surface area contributed by atoms with Crippen molar-refractivity contribution in [2.45, 2.75) is 51.4 Å². The van der Waals surface area contributed by atoms with E-state index in [2.05, 4.69) is 16.0 Å². The predicted octanol–water partition coefficient (Wildman–Crippen LogP) is 3.60. The van der Waals surface area contributed by atoms with Crippen molar-refractivity contribution < 1.29 is 4.79 Å². The number of carbonyl (C=O) groups is 1. The van der Waals surface area contributed by atoms with E-state index in [4.69, 9.17) is 10.7 Å².